The number of fused-ring (bicyclic) bond motifs is 1. The van der Waals surface area contributed by atoms with Crippen LogP contribution in [-0.4, -0.2) is 25.1 Å². The number of amides is 1. The van der Waals surface area contributed by atoms with Crippen LogP contribution >= 0.6 is 11.6 Å². The van der Waals surface area contributed by atoms with E-state index in [1.54, 1.807) is 18.2 Å². The van der Waals surface area contributed by atoms with Gasteiger partial charge >= 0.3 is 5.97 Å². The van der Waals surface area contributed by atoms with Gasteiger partial charge in [0, 0.05) is 10.7 Å². The molecule has 1 aliphatic heterocycles. The molecule has 1 N–H and O–H groups in total. The second-order valence-electron chi connectivity index (χ2n) is 6.50. The first-order chi connectivity index (χ1) is 12.4. The van der Waals surface area contributed by atoms with Crippen molar-refractivity contribution in [2.24, 2.45) is 5.92 Å². The number of carbonyl (C=O) groups excluding carboxylic acids is 2. The molecule has 0 spiro atoms. The molecule has 0 saturated heterocycles. The van der Waals surface area contributed by atoms with Crippen molar-refractivity contribution in [1.82, 2.24) is 0 Å². The molecule has 1 aliphatic rings. The van der Waals surface area contributed by atoms with Crippen molar-refractivity contribution in [3.8, 4) is 5.75 Å². The van der Waals surface area contributed by atoms with Crippen molar-refractivity contribution in [3.63, 3.8) is 0 Å². The highest BCUT2D eigenvalue weighted by Crippen LogP contribution is 2.30. The van der Waals surface area contributed by atoms with E-state index < -0.39 is 11.9 Å². The number of nitrogens with one attached hydrogen (secondary N) is 1. The molecule has 1 heterocycles. The van der Waals surface area contributed by atoms with E-state index in [0.29, 0.717) is 17.1 Å². The van der Waals surface area contributed by atoms with E-state index in [2.05, 4.69) is 5.32 Å². The van der Waals surface area contributed by atoms with Crippen LogP contribution in [-0.2, 0) is 20.7 Å². The van der Waals surface area contributed by atoms with Gasteiger partial charge in [0.25, 0.3) is 5.91 Å². The van der Waals surface area contributed by atoms with Crippen LogP contribution in [0.15, 0.2) is 36.4 Å². The monoisotopic (exact) mass is 373 g/mol. The third-order valence-corrected chi connectivity index (χ3v) is 4.35. The lowest BCUT2D eigenvalue weighted by atomic mass is 9.97. The fourth-order valence-corrected chi connectivity index (χ4v) is 3.21. The average molecular weight is 374 g/mol. The van der Waals surface area contributed by atoms with Crippen LogP contribution < -0.4 is 10.1 Å². The van der Waals surface area contributed by atoms with Crippen LogP contribution in [0.5, 0.6) is 5.75 Å². The Hall–Kier alpha value is -2.53. The molecule has 0 saturated carbocycles. The van der Waals surface area contributed by atoms with Crippen molar-refractivity contribution >= 4 is 29.2 Å². The fourth-order valence-electron chi connectivity index (χ4n) is 3.01. The summed E-state index contributed by atoms with van der Waals surface area (Å²) in [6.07, 6.45) is 0.480. The third kappa shape index (κ3) is 4.55. The summed E-state index contributed by atoms with van der Waals surface area (Å²) >= 11 is 5.98. The second-order valence-corrected chi connectivity index (χ2v) is 6.93. The normalized spacial score (nSPS) is 15.6. The van der Waals surface area contributed by atoms with Crippen LogP contribution in [0.25, 0.3) is 0 Å². The first-order valence-corrected chi connectivity index (χ1v) is 8.74. The van der Waals surface area contributed by atoms with Crippen LogP contribution in [0.4, 0.5) is 5.69 Å². The predicted octanol–water partition coefficient (Wildman–Crippen LogP) is 3.69. The first kappa shape index (κ1) is 18.3. The number of carbonyl (C=O) groups is 2. The second kappa shape index (κ2) is 7.79. The Labute approximate surface area is 157 Å². The Bertz CT molecular complexity index is 829. The fraction of sp³-hybridized carbons (Fsp3) is 0.300. The van der Waals surface area contributed by atoms with Crippen molar-refractivity contribution in [3.05, 3.63) is 58.1 Å². The number of benzene rings is 2. The number of aryl methyl sites for hydroxylation is 2. The van der Waals surface area contributed by atoms with Crippen molar-refractivity contribution < 1.29 is 19.1 Å². The summed E-state index contributed by atoms with van der Waals surface area (Å²) < 4.78 is 10.7. The first-order valence-electron chi connectivity index (χ1n) is 8.37. The van der Waals surface area contributed by atoms with Crippen LogP contribution in [0.3, 0.4) is 0 Å². The van der Waals surface area contributed by atoms with Gasteiger partial charge in [-0.1, -0.05) is 17.7 Å². The van der Waals surface area contributed by atoms with E-state index in [9.17, 15) is 9.59 Å². The zero-order valence-corrected chi connectivity index (χ0v) is 15.4. The Morgan fingerprint density at radius 1 is 1.19 bits per heavy atom. The van der Waals surface area contributed by atoms with Crippen LogP contribution in [0, 0.1) is 19.8 Å². The maximum Gasteiger partial charge on any atom is 0.313 e. The third-order valence-electron chi connectivity index (χ3n) is 4.11. The van der Waals surface area contributed by atoms with E-state index in [1.165, 1.54) is 0 Å². The molecule has 0 unspecified atom stereocenters. The van der Waals surface area contributed by atoms with Gasteiger partial charge in [-0.25, -0.2) is 0 Å². The van der Waals surface area contributed by atoms with E-state index in [-0.39, 0.29) is 19.1 Å². The van der Waals surface area contributed by atoms with Crippen molar-refractivity contribution in [2.45, 2.75) is 20.3 Å². The molecule has 2 aromatic carbocycles. The number of ether oxygens (including phenoxy) is 2. The number of anilines is 1. The molecule has 5 nitrogen and oxygen atoms in total. The summed E-state index contributed by atoms with van der Waals surface area (Å²) in [5.41, 5.74) is 3.65. The average Bonchev–Trinajstić information content (AvgIpc) is 2.58. The maximum atomic E-state index is 12.2. The van der Waals surface area contributed by atoms with Gasteiger partial charge in [-0.3, -0.25) is 9.59 Å². The highest BCUT2D eigenvalue weighted by atomic mass is 35.5. The maximum absolute atomic E-state index is 12.2. The van der Waals surface area contributed by atoms with Gasteiger partial charge in [-0.2, -0.15) is 0 Å². The lowest BCUT2D eigenvalue weighted by molar-refractivity contribution is -0.152. The van der Waals surface area contributed by atoms with E-state index in [0.717, 1.165) is 22.4 Å². The Morgan fingerprint density at radius 2 is 1.92 bits per heavy atom. The van der Waals surface area contributed by atoms with Crippen LogP contribution in [0.1, 0.15) is 16.7 Å². The molecule has 0 fully saturated rings. The van der Waals surface area contributed by atoms with Gasteiger partial charge in [0.1, 0.15) is 12.4 Å². The minimum absolute atomic E-state index is 0.228. The molecule has 1 amide bonds. The van der Waals surface area contributed by atoms with Gasteiger partial charge in [-0.05, 0) is 67.3 Å². The lowest BCUT2D eigenvalue weighted by Gasteiger charge is -2.24. The molecule has 0 bridgehead atoms. The minimum atomic E-state index is -0.453. The summed E-state index contributed by atoms with van der Waals surface area (Å²) in [6, 6.07) is 11.1. The Balaban J connectivity index is 1.53. The molecule has 0 radical (unpaired) electrons. The Kier molecular flexibility index (Phi) is 5.47. The smallest absolute Gasteiger partial charge is 0.313 e. The van der Waals surface area contributed by atoms with Gasteiger partial charge in [0.15, 0.2) is 6.61 Å². The molecule has 3 rings (SSSR count). The summed E-state index contributed by atoms with van der Waals surface area (Å²) in [7, 11) is 0. The highest BCUT2D eigenvalue weighted by Gasteiger charge is 2.28. The predicted molar refractivity (Wildman–Crippen MR) is 99.6 cm³/mol. The summed E-state index contributed by atoms with van der Waals surface area (Å²) in [5.74, 6) is -0.546. The number of rotatable bonds is 4. The standard InChI is InChI=1S/C20H20ClNO4/c1-12-5-13(2)7-17(6-12)22-19(23)11-26-20(24)15-8-14-9-16(21)3-4-18(14)25-10-15/h3-7,9,15H,8,10-11H2,1-2H3,(H,22,23)/t15-/m0/s1. The van der Waals surface area contributed by atoms with E-state index in [4.69, 9.17) is 21.1 Å². The lowest BCUT2D eigenvalue weighted by Crippen LogP contribution is -2.32. The minimum Gasteiger partial charge on any atom is -0.492 e. The topological polar surface area (TPSA) is 64.6 Å². The van der Waals surface area contributed by atoms with Crippen molar-refractivity contribution in [1.29, 1.82) is 0 Å². The van der Waals surface area contributed by atoms with Gasteiger partial charge < -0.3 is 14.8 Å². The number of esters is 1. The van der Waals surface area contributed by atoms with Crippen molar-refractivity contribution in [2.75, 3.05) is 18.5 Å². The molecule has 26 heavy (non-hydrogen) atoms. The van der Waals surface area contributed by atoms with Gasteiger partial charge in [0.2, 0.25) is 0 Å². The highest BCUT2D eigenvalue weighted by molar-refractivity contribution is 6.30. The van der Waals surface area contributed by atoms with E-state index >= 15 is 0 Å². The zero-order chi connectivity index (χ0) is 18.7. The van der Waals surface area contributed by atoms with E-state index in [1.807, 2.05) is 32.0 Å². The molecule has 0 aliphatic carbocycles. The largest absolute Gasteiger partial charge is 0.492 e. The van der Waals surface area contributed by atoms with Crippen LogP contribution in [0.2, 0.25) is 5.02 Å². The molecule has 1 atom stereocenters. The molecule has 6 heteroatoms. The van der Waals surface area contributed by atoms with Gasteiger partial charge in [-0.15, -0.1) is 0 Å². The SMILES string of the molecule is Cc1cc(C)cc(NC(=O)COC(=O)[C@@H]2COc3ccc(Cl)cc3C2)c1. The summed E-state index contributed by atoms with van der Waals surface area (Å²) in [6.45, 7) is 3.81. The summed E-state index contributed by atoms with van der Waals surface area (Å²) in [5, 5.41) is 3.33. The molecule has 136 valence electrons. The number of hydrogen-bond acceptors (Lipinski definition) is 4. The number of hydrogen-bond donors (Lipinski definition) is 1. The summed E-state index contributed by atoms with van der Waals surface area (Å²) in [4.78, 5) is 24.3. The zero-order valence-electron chi connectivity index (χ0n) is 14.7. The Morgan fingerprint density at radius 3 is 2.65 bits per heavy atom. The molecular weight excluding hydrogens is 354 g/mol. The molecule has 0 aromatic heterocycles. The van der Waals surface area contributed by atoms with Gasteiger partial charge in [0.05, 0.1) is 5.92 Å². The molecular formula is C20H20ClNO4. The quantitative estimate of drug-likeness (QED) is 0.830. The molecule has 2 aromatic rings. The number of halogens is 1.